The van der Waals surface area contributed by atoms with E-state index in [1.165, 1.54) is 84.2 Å². The lowest BCUT2D eigenvalue weighted by atomic mass is 9.69. The Hall–Kier alpha value is -0.903. The van der Waals surface area contributed by atoms with Crippen molar-refractivity contribution in [3.63, 3.8) is 0 Å². The van der Waals surface area contributed by atoms with Crippen molar-refractivity contribution in [3.8, 4) is 5.75 Å². The number of rotatable bonds is 9. The molecule has 4 heteroatoms. The van der Waals surface area contributed by atoms with Gasteiger partial charge in [-0.15, -0.1) is 0 Å². The zero-order chi connectivity index (χ0) is 20.6. The van der Waals surface area contributed by atoms with Crippen LogP contribution in [-0.4, -0.2) is 16.6 Å². The maximum atomic E-state index is 14.2. The monoisotopic (exact) mass is 420 g/mol. The molecule has 1 nitrogen and oxygen atoms in total. The van der Waals surface area contributed by atoms with Gasteiger partial charge in [0.2, 0.25) is 0 Å². The number of hydrogen-bond acceptors (Lipinski definition) is 1. The maximum Gasteiger partial charge on any atom is 0.200 e. The summed E-state index contributed by atoms with van der Waals surface area (Å²) in [6, 6.07) is 4.25. The molecule has 0 unspecified atom stereocenters. The lowest BCUT2D eigenvalue weighted by Crippen LogP contribution is -2.28. The molecular formula is C25H38F2OSi. The van der Waals surface area contributed by atoms with Gasteiger partial charge in [-0.05, 0) is 60.6 Å². The van der Waals surface area contributed by atoms with Crippen LogP contribution in [-0.2, 0) is 0 Å². The second-order valence-electron chi connectivity index (χ2n) is 9.38. The number of ether oxygens (including phenoxy) is 1. The van der Waals surface area contributed by atoms with Gasteiger partial charge in [-0.25, -0.2) is 4.39 Å². The number of benzene rings is 1. The zero-order valence-corrected chi connectivity index (χ0v) is 19.3. The summed E-state index contributed by atoms with van der Waals surface area (Å²) in [7, 11) is 1.72. The predicted molar refractivity (Wildman–Crippen MR) is 118 cm³/mol. The van der Waals surface area contributed by atoms with E-state index in [0.29, 0.717) is 20.6 Å². The molecule has 2 fully saturated rings. The molecule has 1 aromatic rings. The zero-order valence-electron chi connectivity index (χ0n) is 18.3. The fourth-order valence-electron chi connectivity index (χ4n) is 5.58. The molecule has 0 aromatic heterocycles. The summed E-state index contributed by atoms with van der Waals surface area (Å²) in [5.41, 5.74) is 0. The van der Waals surface area contributed by atoms with Crippen molar-refractivity contribution in [1.29, 1.82) is 0 Å². The van der Waals surface area contributed by atoms with Gasteiger partial charge in [0, 0.05) is 0 Å². The Morgan fingerprint density at radius 2 is 1.48 bits per heavy atom. The van der Waals surface area contributed by atoms with Crippen molar-refractivity contribution < 1.29 is 13.5 Å². The number of hydrogen-bond donors (Lipinski definition) is 0. The van der Waals surface area contributed by atoms with Crippen LogP contribution in [0.5, 0.6) is 5.75 Å². The summed E-state index contributed by atoms with van der Waals surface area (Å²) in [5.74, 6) is 1.99. The lowest BCUT2D eigenvalue weighted by Gasteiger charge is -2.38. The van der Waals surface area contributed by atoms with Crippen LogP contribution < -0.4 is 9.92 Å². The highest BCUT2D eigenvalue weighted by molar-refractivity contribution is 6.53. The number of unbranched alkanes of at least 4 members (excludes halogenated alkanes) is 2. The molecule has 2 saturated carbocycles. The second-order valence-corrected chi connectivity index (χ2v) is 10.7. The maximum absolute atomic E-state index is 14.2. The van der Waals surface area contributed by atoms with Crippen molar-refractivity contribution >= 4 is 14.7 Å². The first kappa shape index (κ1) is 22.8. The van der Waals surface area contributed by atoms with Gasteiger partial charge in [-0.2, -0.15) is 4.39 Å². The van der Waals surface area contributed by atoms with Crippen LogP contribution in [0, 0.1) is 35.3 Å². The van der Waals surface area contributed by atoms with Crippen molar-refractivity contribution in [2.75, 3.05) is 7.11 Å². The first-order valence-electron chi connectivity index (χ1n) is 11.9. The normalized spacial score (nSPS) is 27.7. The predicted octanol–water partition coefficient (Wildman–Crippen LogP) is 6.91. The molecule has 0 amide bonds. The van der Waals surface area contributed by atoms with Crippen molar-refractivity contribution in [1.82, 2.24) is 0 Å². The van der Waals surface area contributed by atoms with Crippen molar-refractivity contribution in [2.24, 2.45) is 23.7 Å². The minimum Gasteiger partial charge on any atom is -0.494 e. The van der Waals surface area contributed by atoms with E-state index in [0.717, 1.165) is 23.8 Å². The van der Waals surface area contributed by atoms with Gasteiger partial charge >= 0.3 is 0 Å². The fraction of sp³-hybridized carbons (Fsp3) is 0.760. The Labute approximate surface area is 178 Å². The van der Waals surface area contributed by atoms with Gasteiger partial charge in [0.05, 0.1) is 16.6 Å². The lowest BCUT2D eigenvalue weighted by molar-refractivity contribution is 0.146. The van der Waals surface area contributed by atoms with Gasteiger partial charge < -0.3 is 4.74 Å². The first-order chi connectivity index (χ1) is 14.1. The van der Waals surface area contributed by atoms with Crippen LogP contribution in [0.2, 0.25) is 6.04 Å². The molecule has 2 radical (unpaired) electrons. The molecule has 0 bridgehead atoms. The third-order valence-electron chi connectivity index (χ3n) is 7.51. The Morgan fingerprint density at radius 3 is 2.07 bits per heavy atom. The van der Waals surface area contributed by atoms with Gasteiger partial charge in [0.25, 0.3) is 0 Å². The molecular weight excluding hydrogens is 382 g/mol. The summed E-state index contributed by atoms with van der Waals surface area (Å²) in [5, 5.41) is 0.520. The standard InChI is InChI=1S/C25H38F2OSi/c1-3-4-5-6-18-7-11-20(12-8-18)21-13-9-19(10-14-21)17-29-23-16-15-22(28-2)24(26)25(23)27/h15-16,18-21H,3-14,17H2,1-2H3. The van der Waals surface area contributed by atoms with Crippen LogP contribution in [0.25, 0.3) is 0 Å². The summed E-state index contributed by atoms with van der Waals surface area (Å²) in [6.07, 6.45) is 16.7. The molecule has 0 saturated heterocycles. The number of methoxy groups -OCH3 is 1. The Bertz CT molecular complexity index is 619. The Morgan fingerprint density at radius 1 is 0.862 bits per heavy atom. The smallest absolute Gasteiger partial charge is 0.200 e. The molecule has 2 aliphatic rings. The van der Waals surface area contributed by atoms with E-state index in [2.05, 4.69) is 6.92 Å². The van der Waals surface area contributed by atoms with Gasteiger partial charge in [-0.3, -0.25) is 0 Å². The van der Waals surface area contributed by atoms with Crippen LogP contribution in [0.1, 0.15) is 84.0 Å². The minimum absolute atomic E-state index is 0.00311. The van der Waals surface area contributed by atoms with Gasteiger partial charge in [0.1, 0.15) is 0 Å². The molecule has 2 aliphatic carbocycles. The minimum atomic E-state index is -0.841. The summed E-state index contributed by atoms with van der Waals surface area (Å²) in [4.78, 5) is 0. The highest BCUT2D eigenvalue weighted by atomic mass is 28.2. The second kappa shape index (κ2) is 11.5. The quantitative estimate of drug-likeness (QED) is 0.311. The summed E-state index contributed by atoms with van der Waals surface area (Å²) < 4.78 is 33.0. The average Bonchev–Trinajstić information content (AvgIpc) is 2.76. The van der Waals surface area contributed by atoms with E-state index in [4.69, 9.17) is 4.74 Å². The van der Waals surface area contributed by atoms with E-state index in [1.807, 2.05) is 0 Å². The van der Waals surface area contributed by atoms with Gasteiger partial charge in [-0.1, -0.05) is 70.4 Å². The van der Waals surface area contributed by atoms with E-state index in [-0.39, 0.29) is 5.75 Å². The van der Waals surface area contributed by atoms with E-state index in [1.54, 1.807) is 12.1 Å². The molecule has 0 atom stereocenters. The average molecular weight is 421 g/mol. The molecule has 0 aliphatic heterocycles. The molecule has 3 rings (SSSR count). The third kappa shape index (κ3) is 6.29. The van der Waals surface area contributed by atoms with Crippen LogP contribution >= 0.6 is 0 Å². The molecule has 162 valence electrons. The topological polar surface area (TPSA) is 9.23 Å². The fourth-order valence-corrected chi connectivity index (χ4v) is 6.96. The van der Waals surface area contributed by atoms with Crippen LogP contribution in [0.4, 0.5) is 8.78 Å². The number of halogens is 2. The molecule has 0 heterocycles. The SMILES string of the molecule is CCCCCC1CCC(C2CCC(C[Si]c3ccc(OC)c(F)c3F)CC2)CC1. The molecule has 1 aromatic carbocycles. The first-order valence-corrected chi connectivity index (χ1v) is 13.1. The van der Waals surface area contributed by atoms with Crippen molar-refractivity contribution in [3.05, 3.63) is 23.8 Å². The summed E-state index contributed by atoms with van der Waals surface area (Å²) in [6.45, 7) is 2.29. The summed E-state index contributed by atoms with van der Waals surface area (Å²) >= 11 is 0. The Balaban J connectivity index is 1.37. The Kier molecular flexibility index (Phi) is 9.01. The van der Waals surface area contributed by atoms with Crippen molar-refractivity contribution in [2.45, 2.75) is 90.0 Å². The van der Waals surface area contributed by atoms with E-state index < -0.39 is 11.6 Å². The molecule has 0 spiro atoms. The van der Waals surface area contributed by atoms with Crippen LogP contribution in [0.15, 0.2) is 12.1 Å². The van der Waals surface area contributed by atoms with Crippen LogP contribution in [0.3, 0.4) is 0 Å². The highest BCUT2D eigenvalue weighted by Crippen LogP contribution is 2.42. The van der Waals surface area contributed by atoms with Gasteiger partial charge in [0.15, 0.2) is 17.4 Å². The highest BCUT2D eigenvalue weighted by Gasteiger charge is 2.30. The third-order valence-corrected chi connectivity index (χ3v) is 9.06. The molecule has 0 N–H and O–H groups in total. The van der Waals surface area contributed by atoms with E-state index in [9.17, 15) is 8.78 Å². The molecule has 29 heavy (non-hydrogen) atoms. The largest absolute Gasteiger partial charge is 0.494 e. The van der Waals surface area contributed by atoms with E-state index >= 15 is 0 Å².